The molecule has 0 fully saturated rings. The Morgan fingerprint density at radius 3 is 2.55 bits per heavy atom. The van der Waals surface area contributed by atoms with Crippen LogP contribution in [-0.4, -0.2) is 58.0 Å². The van der Waals surface area contributed by atoms with Gasteiger partial charge in [-0.15, -0.1) is 0 Å². The number of carbonyl (C=O) groups is 3. The number of thioether (sulfide) groups is 1. The highest BCUT2D eigenvalue weighted by molar-refractivity contribution is 7.98. The molecule has 0 saturated heterocycles. The number of carbonyl (C=O) groups excluding carboxylic acids is 2. The van der Waals surface area contributed by atoms with Gasteiger partial charge in [0.25, 0.3) is 0 Å². The first kappa shape index (κ1) is 24.7. The van der Waals surface area contributed by atoms with Crippen LogP contribution in [0.1, 0.15) is 32.3 Å². The molecule has 4 unspecified atom stereocenters. The monoisotopic (exact) mass is 448 g/mol. The Balaban J connectivity index is 2.13. The van der Waals surface area contributed by atoms with E-state index >= 15 is 0 Å². The molecule has 0 aliphatic heterocycles. The molecule has 1 aromatic carbocycles. The molecule has 2 amide bonds. The number of carboxylic acids is 1. The van der Waals surface area contributed by atoms with Crippen molar-refractivity contribution < 1.29 is 19.5 Å². The van der Waals surface area contributed by atoms with Crippen LogP contribution < -0.4 is 16.4 Å². The Bertz CT molecular complexity index is 901. The molecule has 8 nitrogen and oxygen atoms in total. The van der Waals surface area contributed by atoms with Crippen LogP contribution in [0.5, 0.6) is 0 Å². The minimum atomic E-state index is -1.13. The second-order valence-corrected chi connectivity index (χ2v) is 8.71. The average molecular weight is 449 g/mol. The lowest BCUT2D eigenvalue weighted by molar-refractivity contribution is -0.142. The van der Waals surface area contributed by atoms with Crippen molar-refractivity contribution in [3.05, 3.63) is 36.0 Å². The third-order valence-corrected chi connectivity index (χ3v) is 6.12. The number of benzene rings is 1. The summed E-state index contributed by atoms with van der Waals surface area (Å²) in [6.07, 6.45) is 4.95. The zero-order chi connectivity index (χ0) is 23.0. The predicted octanol–water partition coefficient (Wildman–Crippen LogP) is 1.89. The molecule has 2 aromatic rings. The van der Waals surface area contributed by atoms with Gasteiger partial charge in [0, 0.05) is 23.5 Å². The Kier molecular flexibility index (Phi) is 9.39. The molecule has 0 aliphatic carbocycles. The first-order valence-electron chi connectivity index (χ1n) is 10.4. The van der Waals surface area contributed by atoms with Crippen molar-refractivity contribution in [2.75, 3.05) is 12.0 Å². The third-order valence-electron chi connectivity index (χ3n) is 5.48. The van der Waals surface area contributed by atoms with Gasteiger partial charge in [-0.2, -0.15) is 11.8 Å². The summed E-state index contributed by atoms with van der Waals surface area (Å²) in [7, 11) is 0. The molecule has 6 N–H and O–H groups in total. The Labute approximate surface area is 186 Å². The largest absolute Gasteiger partial charge is 0.480 e. The number of fused-ring (bicyclic) bond motifs is 1. The summed E-state index contributed by atoms with van der Waals surface area (Å²) in [6.45, 7) is 3.75. The first-order valence-corrected chi connectivity index (χ1v) is 11.8. The van der Waals surface area contributed by atoms with Crippen molar-refractivity contribution >= 4 is 40.4 Å². The van der Waals surface area contributed by atoms with E-state index in [2.05, 4.69) is 15.6 Å². The number of amides is 2. The van der Waals surface area contributed by atoms with Crippen LogP contribution in [-0.2, 0) is 20.8 Å². The molecule has 0 aliphatic rings. The van der Waals surface area contributed by atoms with Crippen LogP contribution in [0, 0.1) is 5.92 Å². The number of carboxylic acid groups (broad SMARTS) is 1. The van der Waals surface area contributed by atoms with Crippen LogP contribution in [0.2, 0.25) is 0 Å². The van der Waals surface area contributed by atoms with Gasteiger partial charge in [0.15, 0.2) is 0 Å². The Hall–Kier alpha value is -2.52. The second kappa shape index (κ2) is 11.8. The molecule has 2 rings (SSSR count). The summed E-state index contributed by atoms with van der Waals surface area (Å²) in [5.41, 5.74) is 7.63. The summed E-state index contributed by atoms with van der Waals surface area (Å²) in [4.78, 5) is 40.4. The van der Waals surface area contributed by atoms with Gasteiger partial charge in [-0.05, 0) is 36.0 Å². The van der Waals surface area contributed by atoms with Crippen LogP contribution in [0.4, 0.5) is 0 Å². The molecular formula is C22H32N4O4S. The molecule has 0 radical (unpaired) electrons. The number of aromatic nitrogens is 1. The summed E-state index contributed by atoms with van der Waals surface area (Å²) >= 11 is 1.59. The smallest absolute Gasteiger partial charge is 0.326 e. The van der Waals surface area contributed by atoms with Crippen molar-refractivity contribution in [1.82, 2.24) is 15.6 Å². The maximum absolute atomic E-state index is 13.0. The van der Waals surface area contributed by atoms with Crippen molar-refractivity contribution in [2.24, 2.45) is 11.7 Å². The van der Waals surface area contributed by atoms with Gasteiger partial charge in [-0.1, -0.05) is 38.5 Å². The SMILES string of the molecule is CCC(C)C(NC(=O)C(N)CCSC)C(=O)NC(Cc1c[nH]c2ccccc12)C(=O)O. The topological polar surface area (TPSA) is 137 Å². The van der Waals surface area contributed by atoms with E-state index in [4.69, 9.17) is 5.73 Å². The van der Waals surface area contributed by atoms with E-state index in [-0.39, 0.29) is 12.3 Å². The van der Waals surface area contributed by atoms with Crippen LogP contribution >= 0.6 is 11.8 Å². The molecule has 4 atom stereocenters. The minimum Gasteiger partial charge on any atom is -0.480 e. The molecular weight excluding hydrogens is 416 g/mol. The summed E-state index contributed by atoms with van der Waals surface area (Å²) < 4.78 is 0. The van der Waals surface area contributed by atoms with E-state index in [0.717, 1.165) is 22.2 Å². The average Bonchev–Trinajstić information content (AvgIpc) is 3.17. The first-order chi connectivity index (χ1) is 14.8. The molecule has 0 spiro atoms. The fourth-order valence-electron chi connectivity index (χ4n) is 3.32. The fourth-order valence-corrected chi connectivity index (χ4v) is 3.81. The van der Waals surface area contributed by atoms with Crippen LogP contribution in [0.15, 0.2) is 30.5 Å². The van der Waals surface area contributed by atoms with E-state index in [9.17, 15) is 19.5 Å². The number of H-pyrrole nitrogens is 1. The Morgan fingerprint density at radius 2 is 1.90 bits per heavy atom. The summed E-state index contributed by atoms with van der Waals surface area (Å²) in [5.74, 6) is -1.51. The molecule has 9 heteroatoms. The number of nitrogens with two attached hydrogens (primary N) is 1. The number of para-hydroxylation sites is 1. The molecule has 31 heavy (non-hydrogen) atoms. The van der Waals surface area contributed by atoms with Crippen LogP contribution in [0.25, 0.3) is 10.9 Å². The van der Waals surface area contributed by atoms with Gasteiger partial charge in [-0.3, -0.25) is 9.59 Å². The molecule has 1 aromatic heterocycles. The van der Waals surface area contributed by atoms with E-state index in [1.165, 1.54) is 0 Å². The lowest BCUT2D eigenvalue weighted by atomic mass is 9.96. The van der Waals surface area contributed by atoms with Gasteiger partial charge in [-0.25, -0.2) is 4.79 Å². The van der Waals surface area contributed by atoms with E-state index in [1.807, 2.05) is 44.4 Å². The molecule has 170 valence electrons. The summed E-state index contributed by atoms with van der Waals surface area (Å²) in [6, 6.07) is 4.88. The van der Waals surface area contributed by atoms with E-state index in [1.54, 1.807) is 18.0 Å². The van der Waals surface area contributed by atoms with Gasteiger partial charge < -0.3 is 26.5 Å². The number of hydrogen-bond acceptors (Lipinski definition) is 5. The number of nitrogens with one attached hydrogen (secondary N) is 3. The van der Waals surface area contributed by atoms with Gasteiger partial charge >= 0.3 is 5.97 Å². The second-order valence-electron chi connectivity index (χ2n) is 7.72. The Morgan fingerprint density at radius 1 is 1.19 bits per heavy atom. The predicted molar refractivity (Wildman–Crippen MR) is 124 cm³/mol. The zero-order valence-electron chi connectivity index (χ0n) is 18.2. The van der Waals surface area contributed by atoms with E-state index in [0.29, 0.717) is 12.8 Å². The van der Waals surface area contributed by atoms with Crippen LogP contribution in [0.3, 0.4) is 0 Å². The van der Waals surface area contributed by atoms with Crippen molar-refractivity contribution in [1.29, 1.82) is 0 Å². The van der Waals surface area contributed by atoms with Gasteiger partial charge in [0.2, 0.25) is 11.8 Å². The van der Waals surface area contributed by atoms with Crippen molar-refractivity contribution in [2.45, 2.75) is 51.2 Å². The summed E-state index contributed by atoms with van der Waals surface area (Å²) in [5, 5.41) is 15.9. The van der Waals surface area contributed by atoms with Crippen molar-refractivity contribution in [3.8, 4) is 0 Å². The molecule has 0 bridgehead atoms. The zero-order valence-corrected chi connectivity index (χ0v) is 19.0. The molecule has 1 heterocycles. The highest BCUT2D eigenvalue weighted by atomic mass is 32.2. The maximum Gasteiger partial charge on any atom is 0.326 e. The number of aromatic amines is 1. The van der Waals surface area contributed by atoms with Gasteiger partial charge in [0.1, 0.15) is 12.1 Å². The normalized spacial score (nSPS) is 15.1. The highest BCUT2D eigenvalue weighted by Crippen LogP contribution is 2.19. The van der Waals surface area contributed by atoms with Gasteiger partial charge in [0.05, 0.1) is 6.04 Å². The third kappa shape index (κ3) is 6.73. The molecule has 0 saturated carbocycles. The quantitative estimate of drug-likeness (QED) is 0.336. The lowest BCUT2D eigenvalue weighted by Crippen LogP contribution is -2.57. The minimum absolute atomic E-state index is 0.125. The maximum atomic E-state index is 13.0. The standard InChI is InChI=1S/C22H32N4O4S/c1-4-13(2)19(26-20(27)16(23)9-10-31-3)21(28)25-18(22(29)30)11-14-12-24-17-8-6-5-7-15(14)17/h5-8,12-13,16,18-19,24H,4,9-11,23H2,1-3H3,(H,25,28)(H,26,27)(H,29,30). The number of rotatable bonds is 12. The lowest BCUT2D eigenvalue weighted by Gasteiger charge is -2.26. The van der Waals surface area contributed by atoms with Crippen molar-refractivity contribution in [3.63, 3.8) is 0 Å². The number of aliphatic carboxylic acids is 1. The highest BCUT2D eigenvalue weighted by Gasteiger charge is 2.31. The fraction of sp³-hybridized carbons (Fsp3) is 0.500. The number of hydrogen-bond donors (Lipinski definition) is 5. The van der Waals surface area contributed by atoms with E-state index < -0.39 is 35.9 Å².